The number of nitro benzene ring substituents is 1. The lowest BCUT2D eigenvalue weighted by Gasteiger charge is -2.05. The summed E-state index contributed by atoms with van der Waals surface area (Å²) in [5.74, 6) is -0.831. The van der Waals surface area contributed by atoms with Gasteiger partial charge in [0, 0.05) is 18.3 Å². The third-order valence-electron chi connectivity index (χ3n) is 2.88. The number of hydrogen-bond donors (Lipinski definition) is 1. The molecule has 7 heteroatoms. The molecular formula is C15H12N2O5. The van der Waals surface area contributed by atoms with Crippen LogP contribution in [0.2, 0.25) is 0 Å². The summed E-state index contributed by atoms with van der Waals surface area (Å²) in [4.78, 5) is 25.3. The first-order valence-corrected chi connectivity index (χ1v) is 6.21. The van der Waals surface area contributed by atoms with Crippen LogP contribution in [-0.2, 0) is 0 Å². The van der Waals surface area contributed by atoms with Crippen LogP contribution in [0, 0.1) is 10.1 Å². The number of nitro groups is 1. The van der Waals surface area contributed by atoms with Gasteiger partial charge < -0.3 is 9.84 Å². The van der Waals surface area contributed by atoms with E-state index in [-0.39, 0.29) is 17.0 Å². The van der Waals surface area contributed by atoms with Crippen LogP contribution in [0.25, 0.3) is 0 Å². The number of aliphatic imine (C=N–C) groups is 1. The highest BCUT2D eigenvalue weighted by Gasteiger charge is 2.10. The van der Waals surface area contributed by atoms with Crippen molar-refractivity contribution in [3.63, 3.8) is 0 Å². The first kappa shape index (κ1) is 15.2. The maximum absolute atomic E-state index is 11.1. The molecule has 0 spiro atoms. The number of methoxy groups -OCH3 is 1. The number of hydrogen-bond acceptors (Lipinski definition) is 5. The molecule has 0 saturated heterocycles. The van der Waals surface area contributed by atoms with Gasteiger partial charge in [0.05, 0.1) is 17.7 Å². The van der Waals surface area contributed by atoms with Crippen LogP contribution in [0.4, 0.5) is 11.4 Å². The molecule has 0 radical (unpaired) electrons. The van der Waals surface area contributed by atoms with Crippen molar-refractivity contribution in [2.45, 2.75) is 0 Å². The fourth-order valence-corrected chi connectivity index (χ4v) is 1.78. The van der Waals surface area contributed by atoms with E-state index in [2.05, 4.69) is 4.99 Å². The van der Waals surface area contributed by atoms with Crippen LogP contribution in [-0.4, -0.2) is 29.3 Å². The van der Waals surface area contributed by atoms with Crippen molar-refractivity contribution in [3.8, 4) is 5.75 Å². The first-order chi connectivity index (χ1) is 10.5. The Bertz CT molecular complexity index is 738. The monoisotopic (exact) mass is 300 g/mol. The van der Waals surface area contributed by atoms with Crippen LogP contribution >= 0.6 is 0 Å². The van der Waals surface area contributed by atoms with Gasteiger partial charge in [-0.15, -0.1) is 0 Å². The summed E-state index contributed by atoms with van der Waals surface area (Å²) in [5.41, 5.74) is 1.13. The fourth-order valence-electron chi connectivity index (χ4n) is 1.78. The van der Waals surface area contributed by atoms with Gasteiger partial charge in [-0.1, -0.05) is 0 Å². The van der Waals surface area contributed by atoms with Crippen molar-refractivity contribution >= 4 is 23.6 Å². The molecule has 2 aromatic rings. The van der Waals surface area contributed by atoms with E-state index in [4.69, 9.17) is 9.84 Å². The van der Waals surface area contributed by atoms with Crippen molar-refractivity contribution in [1.82, 2.24) is 0 Å². The minimum absolute atomic E-state index is 0.0171. The fraction of sp³-hybridized carbons (Fsp3) is 0.0667. The molecule has 0 aliphatic rings. The summed E-state index contributed by atoms with van der Waals surface area (Å²) in [7, 11) is 1.40. The maximum Gasteiger partial charge on any atom is 0.339 e. The van der Waals surface area contributed by atoms with Crippen LogP contribution in [0.1, 0.15) is 15.9 Å². The summed E-state index contributed by atoms with van der Waals surface area (Å²) in [5, 5.41) is 19.7. The summed E-state index contributed by atoms with van der Waals surface area (Å²) >= 11 is 0. The molecular weight excluding hydrogens is 288 g/mol. The number of carboxylic acid groups (broad SMARTS) is 1. The van der Waals surface area contributed by atoms with E-state index in [0.29, 0.717) is 11.3 Å². The number of ether oxygens (including phenoxy) is 1. The lowest BCUT2D eigenvalue weighted by molar-refractivity contribution is -0.384. The largest absolute Gasteiger partial charge is 0.496 e. The second-order valence-electron chi connectivity index (χ2n) is 4.30. The van der Waals surface area contributed by atoms with E-state index in [0.717, 1.165) is 0 Å². The molecule has 0 bridgehead atoms. The minimum atomic E-state index is -1.09. The Morgan fingerprint density at radius 3 is 2.50 bits per heavy atom. The number of carbonyl (C=O) groups is 1. The Kier molecular flexibility index (Phi) is 4.47. The molecule has 22 heavy (non-hydrogen) atoms. The Balaban J connectivity index is 2.24. The molecule has 2 rings (SSSR count). The molecule has 7 nitrogen and oxygen atoms in total. The highest BCUT2D eigenvalue weighted by Crippen LogP contribution is 2.21. The average Bonchev–Trinajstić information content (AvgIpc) is 2.53. The van der Waals surface area contributed by atoms with E-state index >= 15 is 0 Å². The second kappa shape index (κ2) is 6.49. The number of aromatic carboxylic acids is 1. The predicted octanol–water partition coefficient (Wildman–Crippen LogP) is 3.05. The zero-order valence-corrected chi connectivity index (χ0v) is 11.6. The van der Waals surface area contributed by atoms with E-state index in [1.807, 2.05) is 0 Å². The standard InChI is InChI=1S/C15H12N2O5/c1-22-14-7-2-10(8-13(14)15(18)19)9-16-11-3-5-12(6-4-11)17(20)21/h2-9H,1H3,(H,18,19). The Labute approximate surface area is 125 Å². The van der Waals surface area contributed by atoms with E-state index in [1.165, 1.54) is 43.7 Å². The first-order valence-electron chi connectivity index (χ1n) is 6.21. The Morgan fingerprint density at radius 1 is 1.27 bits per heavy atom. The number of benzene rings is 2. The van der Waals surface area contributed by atoms with E-state index < -0.39 is 10.9 Å². The van der Waals surface area contributed by atoms with Crippen molar-refractivity contribution in [2.75, 3.05) is 7.11 Å². The van der Waals surface area contributed by atoms with Gasteiger partial charge in [-0.2, -0.15) is 0 Å². The maximum atomic E-state index is 11.1. The Morgan fingerprint density at radius 2 is 1.95 bits per heavy atom. The van der Waals surface area contributed by atoms with Gasteiger partial charge in [-0.3, -0.25) is 15.1 Å². The second-order valence-corrected chi connectivity index (χ2v) is 4.30. The lowest BCUT2D eigenvalue weighted by atomic mass is 10.1. The molecule has 0 aliphatic carbocycles. The average molecular weight is 300 g/mol. The van der Waals surface area contributed by atoms with Crippen molar-refractivity contribution in [1.29, 1.82) is 0 Å². The van der Waals surface area contributed by atoms with Crippen molar-refractivity contribution in [3.05, 3.63) is 63.7 Å². The van der Waals surface area contributed by atoms with Crippen LogP contribution in [0.5, 0.6) is 5.75 Å². The van der Waals surface area contributed by atoms with Gasteiger partial charge in [0.25, 0.3) is 5.69 Å². The topological polar surface area (TPSA) is 102 Å². The molecule has 0 amide bonds. The van der Waals surface area contributed by atoms with Gasteiger partial charge in [-0.25, -0.2) is 4.79 Å². The van der Waals surface area contributed by atoms with Crippen LogP contribution < -0.4 is 4.74 Å². The number of rotatable bonds is 5. The normalized spacial score (nSPS) is 10.6. The van der Waals surface area contributed by atoms with Crippen molar-refractivity contribution < 1.29 is 19.6 Å². The zero-order chi connectivity index (χ0) is 16.1. The zero-order valence-electron chi connectivity index (χ0n) is 11.6. The third kappa shape index (κ3) is 3.45. The summed E-state index contributed by atoms with van der Waals surface area (Å²) in [6.07, 6.45) is 1.48. The van der Waals surface area contributed by atoms with Gasteiger partial charge in [-0.05, 0) is 35.9 Å². The number of non-ortho nitro benzene ring substituents is 1. The molecule has 2 aromatic carbocycles. The van der Waals surface area contributed by atoms with E-state index in [1.54, 1.807) is 12.1 Å². The summed E-state index contributed by atoms with van der Waals surface area (Å²) in [6, 6.07) is 10.4. The molecule has 0 heterocycles. The van der Waals surface area contributed by atoms with Gasteiger partial charge in [0.15, 0.2) is 0 Å². The Hall–Kier alpha value is -3.22. The molecule has 0 saturated carbocycles. The third-order valence-corrected chi connectivity index (χ3v) is 2.88. The molecule has 112 valence electrons. The molecule has 0 aromatic heterocycles. The number of nitrogens with zero attached hydrogens (tertiary/aromatic N) is 2. The quantitative estimate of drug-likeness (QED) is 0.519. The molecule has 0 unspecified atom stereocenters. The molecule has 0 fully saturated rings. The van der Waals surface area contributed by atoms with Gasteiger partial charge in [0.2, 0.25) is 0 Å². The molecule has 0 aliphatic heterocycles. The number of carboxylic acids is 1. The van der Waals surface area contributed by atoms with E-state index in [9.17, 15) is 14.9 Å². The lowest BCUT2D eigenvalue weighted by Crippen LogP contribution is -2.01. The van der Waals surface area contributed by atoms with Crippen molar-refractivity contribution in [2.24, 2.45) is 4.99 Å². The van der Waals surface area contributed by atoms with Gasteiger partial charge in [0.1, 0.15) is 11.3 Å². The minimum Gasteiger partial charge on any atom is -0.496 e. The van der Waals surface area contributed by atoms with Gasteiger partial charge >= 0.3 is 5.97 Å². The SMILES string of the molecule is COc1ccc(C=Nc2ccc([N+](=O)[O-])cc2)cc1C(=O)O. The summed E-state index contributed by atoms with van der Waals surface area (Å²) < 4.78 is 4.97. The molecule has 0 atom stereocenters. The molecule has 1 N–H and O–H groups in total. The summed E-state index contributed by atoms with van der Waals surface area (Å²) in [6.45, 7) is 0. The highest BCUT2D eigenvalue weighted by molar-refractivity contribution is 5.94. The smallest absolute Gasteiger partial charge is 0.339 e. The van der Waals surface area contributed by atoms with Crippen LogP contribution in [0.3, 0.4) is 0 Å². The highest BCUT2D eigenvalue weighted by atomic mass is 16.6. The van der Waals surface area contributed by atoms with Crippen LogP contribution in [0.15, 0.2) is 47.5 Å². The predicted molar refractivity (Wildman–Crippen MR) is 80.3 cm³/mol.